The third-order valence-electron chi connectivity index (χ3n) is 5.49. The van der Waals surface area contributed by atoms with Crippen molar-refractivity contribution >= 4 is 37.0 Å². The Morgan fingerprint density at radius 3 is 2.00 bits per heavy atom. The summed E-state index contributed by atoms with van der Waals surface area (Å²) in [5.41, 5.74) is -12.6. The van der Waals surface area contributed by atoms with E-state index in [0.717, 1.165) is 12.6 Å². The van der Waals surface area contributed by atoms with Gasteiger partial charge in [0, 0.05) is 23.6 Å². The van der Waals surface area contributed by atoms with Crippen LogP contribution in [0.1, 0.15) is 30.0 Å². The predicted octanol–water partition coefficient (Wildman–Crippen LogP) is 5.27. The van der Waals surface area contributed by atoms with Crippen LogP contribution in [0.3, 0.4) is 0 Å². The number of sulfone groups is 2. The first-order valence-corrected chi connectivity index (χ1v) is 13.8. The van der Waals surface area contributed by atoms with E-state index in [1.165, 1.54) is 36.2 Å². The summed E-state index contributed by atoms with van der Waals surface area (Å²) >= 11 is 0. The molecule has 6 nitrogen and oxygen atoms in total. The molecule has 2 aromatic rings. The largest absolute Gasteiger partial charge is 0.502 e. The molecule has 0 unspecified atom stereocenters. The molecule has 1 N–H and O–H groups in total. The van der Waals surface area contributed by atoms with E-state index >= 15 is 0 Å². The topological polar surface area (TPSA) is 96.0 Å². The van der Waals surface area contributed by atoms with Gasteiger partial charge in [0.2, 0.25) is 0 Å². The monoisotopic (exact) mass is 579 g/mol. The summed E-state index contributed by atoms with van der Waals surface area (Å²) in [5, 5.41) is 7.82. The van der Waals surface area contributed by atoms with Crippen molar-refractivity contribution in [2.45, 2.75) is 37.8 Å². The molecule has 1 aromatic carbocycles. The fraction of sp³-hybridized carbons (Fsp3) is 0.250. The molecule has 204 valence electrons. The van der Waals surface area contributed by atoms with Gasteiger partial charge in [-0.1, -0.05) is 31.2 Å². The number of aromatic nitrogens is 1. The van der Waals surface area contributed by atoms with Crippen molar-refractivity contribution in [1.82, 2.24) is 0 Å². The lowest BCUT2D eigenvalue weighted by atomic mass is 9.95. The number of pyridine rings is 1. The number of benzene rings is 1. The fourth-order valence-electron chi connectivity index (χ4n) is 3.81. The molecule has 4 rings (SSSR count). The van der Waals surface area contributed by atoms with Crippen molar-refractivity contribution in [2.24, 2.45) is 0 Å². The summed E-state index contributed by atoms with van der Waals surface area (Å²) in [6.45, 7) is 5.43. The van der Waals surface area contributed by atoms with Gasteiger partial charge in [-0.25, -0.2) is 21.4 Å². The summed E-state index contributed by atoms with van der Waals surface area (Å²) in [5.74, 6) is 0. The fourth-order valence-corrected chi connectivity index (χ4v) is 6.27. The maximum absolute atomic E-state index is 13.0. The summed E-state index contributed by atoms with van der Waals surface area (Å²) < 4.78 is 128. The van der Waals surface area contributed by atoms with Crippen LogP contribution in [0.5, 0.6) is 0 Å². The number of rotatable bonds is 4. The third kappa shape index (κ3) is 5.32. The Kier molecular flexibility index (Phi) is 7.81. The van der Waals surface area contributed by atoms with E-state index in [1.807, 2.05) is 0 Å². The van der Waals surface area contributed by atoms with Crippen LogP contribution in [0.15, 0.2) is 70.3 Å². The molecule has 2 aliphatic carbocycles. The number of nitrogens with one attached hydrogen (secondary N) is 1. The molecule has 14 heteroatoms. The number of nitrogens with zero attached hydrogens (tertiary/aromatic N) is 1. The normalized spacial score (nSPS) is 15.7. The molecule has 0 fully saturated rings. The highest BCUT2D eigenvalue weighted by Crippen LogP contribution is 2.47. The zero-order valence-electron chi connectivity index (χ0n) is 19.9. The van der Waals surface area contributed by atoms with Crippen LogP contribution in [0.25, 0.3) is 11.6 Å². The Labute approximate surface area is 215 Å². The number of alkyl halides is 6. The molecule has 2 aliphatic rings. The second kappa shape index (κ2) is 10.1. The number of hydrogen-bond acceptors (Lipinski definition) is 5. The van der Waals surface area contributed by atoms with Crippen molar-refractivity contribution in [3.05, 3.63) is 86.9 Å². The zero-order chi connectivity index (χ0) is 28.7. The first kappa shape index (κ1) is 29.3. The lowest BCUT2D eigenvalue weighted by Crippen LogP contribution is -2.35. The maximum Gasteiger partial charge on any atom is 0.502 e. The predicted molar refractivity (Wildman–Crippen MR) is 129 cm³/mol. The van der Waals surface area contributed by atoms with Crippen LogP contribution in [-0.4, -0.2) is 33.6 Å². The first-order valence-electron chi connectivity index (χ1n) is 10.9. The minimum Gasteiger partial charge on any atom is -0.299 e. The Morgan fingerprint density at radius 2 is 1.45 bits per heavy atom. The van der Waals surface area contributed by atoms with Crippen molar-refractivity contribution in [3.8, 4) is 0 Å². The van der Waals surface area contributed by atoms with E-state index in [2.05, 4.69) is 42.9 Å². The molecule has 0 saturated carbocycles. The number of allylic oxidation sites excluding steroid dienone is 4. The molecule has 0 amide bonds. The van der Waals surface area contributed by atoms with Gasteiger partial charge < -0.3 is 0 Å². The van der Waals surface area contributed by atoms with Crippen molar-refractivity contribution in [2.75, 3.05) is 0 Å². The molecular weight excluding hydrogens is 558 g/mol. The highest BCUT2D eigenvalue weighted by molar-refractivity contribution is 8.00. The van der Waals surface area contributed by atoms with Gasteiger partial charge in [0.1, 0.15) is 11.4 Å². The highest BCUT2D eigenvalue weighted by atomic mass is 32.2. The van der Waals surface area contributed by atoms with Crippen LogP contribution in [0.2, 0.25) is 0 Å². The van der Waals surface area contributed by atoms with E-state index in [-0.39, 0.29) is 22.8 Å². The van der Waals surface area contributed by atoms with E-state index in [4.69, 9.17) is 5.41 Å². The molecule has 0 spiro atoms. The first-order chi connectivity index (χ1) is 17.4. The Hall–Kier alpha value is -3.26. The Morgan fingerprint density at radius 1 is 0.842 bits per heavy atom. The van der Waals surface area contributed by atoms with Gasteiger partial charge in [0.15, 0.2) is 12.4 Å². The quantitative estimate of drug-likeness (QED) is 0.394. The van der Waals surface area contributed by atoms with Gasteiger partial charge in [-0.15, -0.1) is 0 Å². The van der Waals surface area contributed by atoms with E-state index in [1.54, 1.807) is 0 Å². The number of aryl methyl sites for hydroxylation is 2. The van der Waals surface area contributed by atoms with Crippen LogP contribution in [-0.2, 0) is 26.2 Å². The van der Waals surface area contributed by atoms with Crippen LogP contribution < -0.4 is 4.57 Å². The molecule has 0 aliphatic heterocycles. The number of fused-ring (bicyclic) bond motifs is 3. The number of halogens is 6. The van der Waals surface area contributed by atoms with Crippen LogP contribution >= 0.6 is 0 Å². The molecule has 0 atom stereocenters. The average molecular weight is 580 g/mol. The third-order valence-corrected chi connectivity index (χ3v) is 8.70. The zero-order valence-corrected chi connectivity index (χ0v) is 21.5. The average Bonchev–Trinajstić information content (AvgIpc) is 3.17. The molecule has 38 heavy (non-hydrogen) atoms. The lowest BCUT2D eigenvalue weighted by molar-refractivity contribution is -0.697. The van der Waals surface area contributed by atoms with E-state index in [0.29, 0.717) is 0 Å². The second-order valence-electron chi connectivity index (χ2n) is 8.29. The minimum absolute atomic E-state index is 0.153. The van der Waals surface area contributed by atoms with Gasteiger partial charge in [-0.2, -0.15) is 26.3 Å². The summed E-state index contributed by atoms with van der Waals surface area (Å²) in [6, 6.07) is 9.90. The number of hydrogen-bond donors (Lipinski definition) is 1. The van der Waals surface area contributed by atoms with Gasteiger partial charge >= 0.3 is 11.0 Å². The van der Waals surface area contributed by atoms with Crippen LogP contribution in [0.4, 0.5) is 26.3 Å². The van der Waals surface area contributed by atoms with Crippen LogP contribution in [0, 0.1) is 12.3 Å². The molecule has 0 bridgehead atoms. The smallest absolute Gasteiger partial charge is 0.299 e. The maximum atomic E-state index is 13.0. The van der Waals surface area contributed by atoms with Crippen molar-refractivity contribution < 1.29 is 47.7 Å². The van der Waals surface area contributed by atoms with Gasteiger partial charge in [-0.05, 0) is 41.8 Å². The highest BCUT2D eigenvalue weighted by Gasteiger charge is 2.57. The molecule has 1 heterocycles. The summed E-state index contributed by atoms with van der Waals surface area (Å²) in [6.07, 6.45) is 6.80. The van der Waals surface area contributed by atoms with E-state index < -0.39 is 51.8 Å². The SMILES string of the molecule is CCC[n+]1cccc(C)c1.N=C1C2=Cc3ccccc3C2=CC(S(=O)(=O)C(F)(F)F)=C1S(=O)(=O)C(F)(F)F. The molecular formula is C24H21F6N2O4S2+. The summed E-state index contributed by atoms with van der Waals surface area (Å²) in [7, 11) is -13.1. The van der Waals surface area contributed by atoms with Crippen molar-refractivity contribution in [3.63, 3.8) is 0 Å². The molecule has 1 aromatic heterocycles. The lowest BCUT2D eigenvalue weighted by Gasteiger charge is -2.23. The second-order valence-corrected chi connectivity index (χ2v) is 12.1. The Balaban J connectivity index is 0.000000336. The molecule has 0 saturated heterocycles. The van der Waals surface area contributed by atoms with Gasteiger partial charge in [0.25, 0.3) is 19.7 Å². The molecule has 0 radical (unpaired) electrons. The van der Waals surface area contributed by atoms with Gasteiger partial charge in [-0.3, -0.25) is 5.41 Å². The van der Waals surface area contributed by atoms with Gasteiger partial charge in [0.05, 0.1) is 10.6 Å². The van der Waals surface area contributed by atoms with E-state index in [9.17, 15) is 43.2 Å². The Bertz CT molecular complexity index is 1600. The summed E-state index contributed by atoms with van der Waals surface area (Å²) in [4.78, 5) is -4.38. The standard InChI is InChI=1S/C15H7F6NO4S2.C9H14N/c16-14(17,18)27(23,24)11-6-9-8-4-2-1-3-7(8)5-10(9)12(22)13(11)28(25,26)15(19,20)21;1-3-6-10-7-4-5-9(2)8-10/h1-6,22H;4-5,7-8H,3,6H2,1-2H3/q;+1. The minimum atomic E-state index is -6.58. The van der Waals surface area contributed by atoms with Crippen molar-refractivity contribution in [1.29, 1.82) is 5.41 Å².